The number of rotatable bonds is 2. The molecule has 1 aromatic heterocycles. The normalized spacial score (nSPS) is 24.8. The number of hydrogen-bond donors (Lipinski definition) is 1. The molecule has 1 N–H and O–H groups in total. The highest BCUT2D eigenvalue weighted by atomic mass is 19.4. The van der Waals surface area contributed by atoms with Crippen molar-refractivity contribution in [3.8, 4) is 11.8 Å². The monoisotopic (exact) mass is 372 g/mol. The molecule has 0 aromatic carbocycles. The molecule has 2 rings (SSSR count). The van der Waals surface area contributed by atoms with Gasteiger partial charge in [0.25, 0.3) is 5.92 Å². The Morgan fingerprint density at radius 1 is 1.31 bits per heavy atom. The topological polar surface area (TPSA) is 66.1 Å². The Bertz CT molecular complexity index is 806. The summed E-state index contributed by atoms with van der Waals surface area (Å²) in [7, 11) is 0. The third-order valence-corrected chi connectivity index (χ3v) is 3.57. The predicted octanol–water partition coefficient (Wildman–Crippen LogP) is 4.05. The Balaban J connectivity index is 2.44. The lowest BCUT2D eigenvalue weighted by molar-refractivity contribution is -0.125. The standard InChI is InChI=1S/C17H13F5N2O2/c1-10-6-16(18,19)15(25)5-12(17(20,21)22)2-3-14(10)26-13-4-11(7-23)8-24-9-13/h2-4,8-9,15,25H,1,5-6H2/b12-2+,14-3+/t15-/m0/s1. The van der Waals surface area contributed by atoms with Crippen molar-refractivity contribution in [3.63, 3.8) is 0 Å². The fourth-order valence-electron chi connectivity index (χ4n) is 2.19. The van der Waals surface area contributed by atoms with Crippen LogP contribution in [-0.2, 0) is 0 Å². The summed E-state index contributed by atoms with van der Waals surface area (Å²) >= 11 is 0. The summed E-state index contributed by atoms with van der Waals surface area (Å²) in [5.41, 5.74) is -1.52. The number of aliphatic hydroxyl groups is 1. The molecule has 0 amide bonds. The van der Waals surface area contributed by atoms with Crippen molar-refractivity contribution in [2.24, 2.45) is 0 Å². The molecule has 0 radical (unpaired) electrons. The van der Waals surface area contributed by atoms with Gasteiger partial charge in [-0.1, -0.05) is 12.7 Å². The number of nitriles is 1. The minimum atomic E-state index is -4.90. The van der Waals surface area contributed by atoms with Crippen molar-refractivity contribution in [2.45, 2.75) is 31.0 Å². The van der Waals surface area contributed by atoms with Gasteiger partial charge < -0.3 is 9.84 Å². The first-order chi connectivity index (χ1) is 12.0. The van der Waals surface area contributed by atoms with Crippen LogP contribution in [0.4, 0.5) is 22.0 Å². The van der Waals surface area contributed by atoms with E-state index >= 15 is 0 Å². The SMILES string of the molecule is C=C1CC(F)(F)[C@@H](O)C/C(C(F)(F)F)=C\C=C/1Oc1cncc(C#N)c1. The summed E-state index contributed by atoms with van der Waals surface area (Å²) in [5.74, 6) is -4.21. The average molecular weight is 372 g/mol. The van der Waals surface area contributed by atoms with Gasteiger partial charge in [-0.2, -0.15) is 18.4 Å². The summed E-state index contributed by atoms with van der Waals surface area (Å²) in [6, 6.07) is 3.04. The molecule has 0 spiro atoms. The molecule has 138 valence electrons. The van der Waals surface area contributed by atoms with Crippen molar-refractivity contribution < 1.29 is 31.8 Å². The number of alkyl halides is 5. The summed E-state index contributed by atoms with van der Waals surface area (Å²) < 4.78 is 72.3. The Kier molecular flexibility index (Phi) is 5.47. The van der Waals surface area contributed by atoms with Gasteiger partial charge >= 0.3 is 6.18 Å². The zero-order chi connectivity index (χ0) is 19.5. The van der Waals surface area contributed by atoms with Gasteiger partial charge in [-0.15, -0.1) is 0 Å². The highest BCUT2D eigenvalue weighted by molar-refractivity contribution is 5.38. The number of halogens is 5. The van der Waals surface area contributed by atoms with Crippen LogP contribution in [0.2, 0.25) is 0 Å². The highest BCUT2D eigenvalue weighted by Gasteiger charge is 2.44. The Hall–Kier alpha value is -2.73. The van der Waals surface area contributed by atoms with E-state index in [2.05, 4.69) is 11.6 Å². The van der Waals surface area contributed by atoms with E-state index in [-0.39, 0.29) is 22.6 Å². The minimum absolute atomic E-state index is 0.0264. The maximum absolute atomic E-state index is 14.0. The second-order valence-corrected chi connectivity index (χ2v) is 5.61. The molecule has 0 unspecified atom stereocenters. The van der Waals surface area contributed by atoms with Gasteiger partial charge in [0.2, 0.25) is 0 Å². The molecule has 0 saturated heterocycles. The average Bonchev–Trinajstić information content (AvgIpc) is 2.58. The molecule has 26 heavy (non-hydrogen) atoms. The number of allylic oxidation sites excluding steroid dienone is 3. The molecule has 1 aromatic rings. The van der Waals surface area contributed by atoms with Crippen molar-refractivity contribution in [1.82, 2.24) is 4.98 Å². The van der Waals surface area contributed by atoms with Gasteiger partial charge in [-0.3, -0.25) is 4.98 Å². The summed E-state index contributed by atoms with van der Waals surface area (Å²) in [6.07, 6.45) is -5.96. The predicted molar refractivity (Wildman–Crippen MR) is 81.1 cm³/mol. The Morgan fingerprint density at radius 2 is 2.00 bits per heavy atom. The van der Waals surface area contributed by atoms with Crippen LogP contribution < -0.4 is 4.74 Å². The zero-order valence-electron chi connectivity index (χ0n) is 13.2. The molecular weight excluding hydrogens is 359 g/mol. The molecule has 1 atom stereocenters. The van der Waals surface area contributed by atoms with E-state index in [4.69, 9.17) is 10.00 Å². The molecule has 1 aliphatic carbocycles. The lowest BCUT2D eigenvalue weighted by atomic mass is 9.99. The number of nitrogens with zero attached hydrogens (tertiary/aromatic N) is 2. The van der Waals surface area contributed by atoms with Gasteiger partial charge in [0, 0.05) is 30.7 Å². The van der Waals surface area contributed by atoms with E-state index < -0.39 is 36.6 Å². The zero-order valence-corrected chi connectivity index (χ0v) is 13.2. The summed E-state index contributed by atoms with van der Waals surface area (Å²) in [5, 5.41) is 18.3. The van der Waals surface area contributed by atoms with Crippen molar-refractivity contribution >= 4 is 0 Å². The van der Waals surface area contributed by atoms with Crippen LogP contribution in [0.1, 0.15) is 18.4 Å². The lowest BCUT2D eigenvalue weighted by Gasteiger charge is -2.24. The highest BCUT2D eigenvalue weighted by Crippen LogP contribution is 2.38. The first-order valence-electron chi connectivity index (χ1n) is 7.28. The van der Waals surface area contributed by atoms with Crippen LogP contribution >= 0.6 is 0 Å². The van der Waals surface area contributed by atoms with Crippen molar-refractivity contribution in [2.75, 3.05) is 0 Å². The van der Waals surface area contributed by atoms with Crippen LogP contribution in [0.15, 0.2) is 54.1 Å². The van der Waals surface area contributed by atoms with E-state index in [1.54, 1.807) is 6.07 Å². The summed E-state index contributed by atoms with van der Waals surface area (Å²) in [6.45, 7) is 3.41. The quantitative estimate of drug-likeness (QED) is 0.796. The van der Waals surface area contributed by atoms with E-state index in [9.17, 15) is 27.1 Å². The second-order valence-electron chi connectivity index (χ2n) is 5.61. The Labute approximate surface area is 145 Å². The molecular formula is C17H13F5N2O2. The smallest absolute Gasteiger partial charge is 0.412 e. The van der Waals surface area contributed by atoms with Crippen molar-refractivity contribution in [3.05, 3.63) is 59.7 Å². The van der Waals surface area contributed by atoms with Crippen LogP contribution in [-0.4, -0.2) is 28.3 Å². The maximum atomic E-state index is 14.0. The van der Waals surface area contributed by atoms with Gasteiger partial charge in [0.1, 0.15) is 23.7 Å². The molecule has 4 nitrogen and oxygen atoms in total. The van der Waals surface area contributed by atoms with Gasteiger partial charge in [-0.25, -0.2) is 8.78 Å². The maximum Gasteiger partial charge on any atom is 0.412 e. The first kappa shape index (κ1) is 19.6. The van der Waals surface area contributed by atoms with Crippen LogP contribution in [0.3, 0.4) is 0 Å². The Morgan fingerprint density at radius 3 is 2.62 bits per heavy atom. The number of aromatic nitrogens is 1. The van der Waals surface area contributed by atoms with Gasteiger partial charge in [-0.05, 0) is 11.6 Å². The molecule has 1 heterocycles. The first-order valence-corrected chi connectivity index (χ1v) is 7.28. The molecule has 9 heteroatoms. The number of hydrogen-bond acceptors (Lipinski definition) is 4. The van der Waals surface area contributed by atoms with Crippen LogP contribution in [0.5, 0.6) is 5.75 Å². The molecule has 0 fully saturated rings. The minimum Gasteiger partial charge on any atom is -0.455 e. The number of aliphatic hydroxyl groups excluding tert-OH is 1. The fraction of sp³-hybridized carbons (Fsp3) is 0.294. The fourth-order valence-corrected chi connectivity index (χ4v) is 2.19. The van der Waals surface area contributed by atoms with E-state index in [0.717, 1.165) is 6.08 Å². The summed E-state index contributed by atoms with van der Waals surface area (Å²) in [4.78, 5) is 3.71. The van der Waals surface area contributed by atoms with Crippen LogP contribution in [0, 0.1) is 11.3 Å². The van der Waals surface area contributed by atoms with Crippen molar-refractivity contribution in [1.29, 1.82) is 5.26 Å². The molecule has 0 aliphatic heterocycles. The molecule has 0 saturated carbocycles. The largest absolute Gasteiger partial charge is 0.455 e. The molecule has 0 bridgehead atoms. The lowest BCUT2D eigenvalue weighted by Crippen LogP contribution is -2.35. The molecule has 1 aliphatic rings. The van der Waals surface area contributed by atoms with Crippen LogP contribution in [0.25, 0.3) is 0 Å². The number of pyridine rings is 1. The van der Waals surface area contributed by atoms with Gasteiger partial charge in [0.05, 0.1) is 11.8 Å². The van der Waals surface area contributed by atoms with Gasteiger partial charge in [0.15, 0.2) is 0 Å². The van der Waals surface area contributed by atoms with E-state index in [1.165, 1.54) is 18.5 Å². The second kappa shape index (κ2) is 7.25. The third kappa shape index (κ3) is 4.67. The number of ether oxygens (including phenoxy) is 1. The van der Waals surface area contributed by atoms with E-state index in [1.807, 2.05) is 0 Å². The third-order valence-electron chi connectivity index (χ3n) is 3.57. The van der Waals surface area contributed by atoms with E-state index in [0.29, 0.717) is 6.08 Å².